The van der Waals surface area contributed by atoms with Crippen LogP contribution < -0.4 is 5.32 Å². The second kappa shape index (κ2) is 9.74. The molecule has 1 aliphatic heterocycles. The van der Waals surface area contributed by atoms with Gasteiger partial charge in [0.05, 0.1) is 12.0 Å². The molecule has 1 saturated heterocycles. The number of carbonyl (C=O) groups is 3. The lowest BCUT2D eigenvalue weighted by atomic mass is 9.75. The fourth-order valence-electron chi connectivity index (χ4n) is 3.55. The fraction of sp³-hybridized carbons (Fsp3) is 0.550. The summed E-state index contributed by atoms with van der Waals surface area (Å²) in [5, 5.41) is 3.25. The van der Waals surface area contributed by atoms with Gasteiger partial charge in [-0.3, -0.25) is 14.4 Å². The predicted molar refractivity (Wildman–Crippen MR) is 103 cm³/mol. The molecule has 1 aliphatic rings. The molecule has 7 heteroatoms. The van der Waals surface area contributed by atoms with Gasteiger partial charge < -0.3 is 15.0 Å². The molecule has 6 nitrogen and oxygen atoms in total. The highest BCUT2D eigenvalue weighted by Gasteiger charge is 2.44. The number of hydrogen-bond donors (Lipinski definition) is 1. The van der Waals surface area contributed by atoms with Crippen molar-refractivity contribution in [2.24, 2.45) is 5.41 Å². The molecule has 1 fully saturated rings. The Morgan fingerprint density at radius 2 is 2.11 bits per heavy atom. The highest BCUT2D eigenvalue weighted by Crippen LogP contribution is 2.36. The zero-order chi connectivity index (χ0) is 19.9. The summed E-state index contributed by atoms with van der Waals surface area (Å²) in [4.78, 5) is 38.1. The van der Waals surface area contributed by atoms with Gasteiger partial charge in [0, 0.05) is 38.0 Å². The van der Waals surface area contributed by atoms with Gasteiger partial charge in [0.15, 0.2) is 0 Å². The first-order chi connectivity index (χ1) is 12.9. The van der Waals surface area contributed by atoms with Crippen molar-refractivity contribution >= 4 is 29.4 Å². The van der Waals surface area contributed by atoms with Crippen LogP contribution in [0.4, 0.5) is 0 Å². The number of nitrogens with zero attached hydrogens (tertiary/aromatic N) is 1. The third-order valence-corrected chi connectivity index (χ3v) is 5.02. The van der Waals surface area contributed by atoms with Crippen molar-refractivity contribution in [3.8, 4) is 0 Å². The third kappa shape index (κ3) is 5.96. The molecular weight excluding hydrogens is 368 g/mol. The van der Waals surface area contributed by atoms with Crippen LogP contribution in [0.1, 0.15) is 38.7 Å². The summed E-state index contributed by atoms with van der Waals surface area (Å²) in [6, 6.07) is 7.43. The van der Waals surface area contributed by atoms with E-state index in [0.29, 0.717) is 44.1 Å². The Morgan fingerprint density at radius 1 is 1.33 bits per heavy atom. The lowest BCUT2D eigenvalue weighted by Crippen LogP contribution is -2.52. The van der Waals surface area contributed by atoms with Crippen molar-refractivity contribution in [2.75, 3.05) is 26.2 Å². The Morgan fingerprint density at radius 3 is 2.78 bits per heavy atom. The fourth-order valence-corrected chi connectivity index (χ4v) is 3.77. The summed E-state index contributed by atoms with van der Waals surface area (Å²) in [6.07, 6.45) is 2.08. The van der Waals surface area contributed by atoms with Gasteiger partial charge in [0.2, 0.25) is 11.8 Å². The zero-order valence-electron chi connectivity index (χ0n) is 15.9. The molecule has 2 rings (SSSR count). The Kier molecular flexibility index (Phi) is 7.66. The number of amides is 2. The molecular formula is C20H27ClN2O4. The lowest BCUT2D eigenvalue weighted by molar-refractivity contribution is -0.160. The maximum atomic E-state index is 12.8. The number of esters is 1. The van der Waals surface area contributed by atoms with E-state index in [9.17, 15) is 14.4 Å². The summed E-state index contributed by atoms with van der Waals surface area (Å²) in [5.41, 5.74) is 0.172. The van der Waals surface area contributed by atoms with Crippen LogP contribution in [-0.2, 0) is 25.5 Å². The van der Waals surface area contributed by atoms with Crippen LogP contribution in [0.2, 0.25) is 5.02 Å². The average Bonchev–Trinajstić information content (AvgIpc) is 2.61. The van der Waals surface area contributed by atoms with Crippen LogP contribution in [0, 0.1) is 5.41 Å². The first-order valence-electron chi connectivity index (χ1n) is 9.30. The topological polar surface area (TPSA) is 75.7 Å². The molecule has 2 amide bonds. The van der Waals surface area contributed by atoms with Gasteiger partial charge in [-0.2, -0.15) is 0 Å². The van der Waals surface area contributed by atoms with Crippen LogP contribution in [0.15, 0.2) is 24.3 Å². The average molecular weight is 395 g/mol. The quantitative estimate of drug-likeness (QED) is 0.721. The maximum absolute atomic E-state index is 12.8. The molecule has 1 aromatic carbocycles. The van der Waals surface area contributed by atoms with E-state index in [2.05, 4.69) is 5.32 Å². The molecule has 148 valence electrons. The minimum Gasteiger partial charge on any atom is -0.466 e. The predicted octanol–water partition coefficient (Wildman–Crippen LogP) is 2.58. The minimum atomic E-state index is -0.775. The number of piperidine rings is 1. The largest absolute Gasteiger partial charge is 0.466 e. The van der Waals surface area contributed by atoms with Gasteiger partial charge >= 0.3 is 5.97 Å². The van der Waals surface area contributed by atoms with E-state index in [1.54, 1.807) is 17.9 Å². The highest BCUT2D eigenvalue weighted by atomic mass is 35.5. The molecule has 0 unspecified atom stereocenters. The number of carbonyl (C=O) groups excluding carboxylic acids is 3. The van der Waals surface area contributed by atoms with Crippen LogP contribution >= 0.6 is 11.6 Å². The van der Waals surface area contributed by atoms with Gasteiger partial charge in [-0.05, 0) is 43.9 Å². The molecule has 0 bridgehead atoms. The van der Waals surface area contributed by atoms with Gasteiger partial charge in [-0.15, -0.1) is 0 Å². The van der Waals surface area contributed by atoms with E-state index in [-0.39, 0.29) is 24.2 Å². The SMILES string of the molecule is CCOC(=O)[C@@]1(Cc2cccc(Cl)c2)CCCN(C(=O)CCNC(C)=O)C1. The molecule has 1 atom stereocenters. The van der Waals surface area contributed by atoms with E-state index in [0.717, 1.165) is 12.0 Å². The minimum absolute atomic E-state index is 0.0665. The standard InChI is InChI=1S/C20H27ClN2O4/c1-3-27-19(26)20(13-16-6-4-7-17(21)12-16)9-5-11-23(14-20)18(25)8-10-22-15(2)24/h4,6-7,12H,3,5,8-11,13-14H2,1-2H3,(H,22,24)/t20-/m1/s1. The van der Waals surface area contributed by atoms with Crippen LogP contribution in [0.25, 0.3) is 0 Å². The van der Waals surface area contributed by atoms with E-state index < -0.39 is 5.41 Å². The Hall–Kier alpha value is -2.08. The number of likely N-dealkylation sites (tertiary alicyclic amines) is 1. The second-order valence-electron chi connectivity index (χ2n) is 6.96. The summed E-state index contributed by atoms with van der Waals surface area (Å²) in [7, 11) is 0. The second-order valence-corrected chi connectivity index (χ2v) is 7.40. The van der Waals surface area contributed by atoms with Crippen molar-refractivity contribution < 1.29 is 19.1 Å². The number of hydrogen-bond acceptors (Lipinski definition) is 4. The van der Waals surface area contributed by atoms with Crippen molar-refractivity contribution in [3.05, 3.63) is 34.9 Å². The van der Waals surface area contributed by atoms with Crippen LogP contribution in [0.5, 0.6) is 0 Å². The number of ether oxygens (including phenoxy) is 1. The molecule has 1 N–H and O–H groups in total. The van der Waals surface area contributed by atoms with Crippen molar-refractivity contribution in [3.63, 3.8) is 0 Å². The highest BCUT2D eigenvalue weighted by molar-refractivity contribution is 6.30. The maximum Gasteiger partial charge on any atom is 0.314 e. The molecule has 1 heterocycles. The summed E-state index contributed by atoms with van der Waals surface area (Å²) < 4.78 is 5.36. The van der Waals surface area contributed by atoms with Gasteiger partial charge in [0.25, 0.3) is 0 Å². The molecule has 0 aromatic heterocycles. The van der Waals surface area contributed by atoms with E-state index in [1.807, 2.05) is 18.2 Å². The van der Waals surface area contributed by atoms with E-state index in [1.165, 1.54) is 6.92 Å². The number of halogens is 1. The van der Waals surface area contributed by atoms with Gasteiger partial charge in [0.1, 0.15) is 0 Å². The first-order valence-corrected chi connectivity index (χ1v) is 9.68. The first kappa shape index (κ1) is 21.2. The van der Waals surface area contributed by atoms with E-state index in [4.69, 9.17) is 16.3 Å². The van der Waals surface area contributed by atoms with E-state index >= 15 is 0 Å². The molecule has 0 spiro atoms. The summed E-state index contributed by atoms with van der Waals surface area (Å²) in [6.45, 7) is 4.72. The lowest BCUT2D eigenvalue weighted by Gasteiger charge is -2.41. The zero-order valence-corrected chi connectivity index (χ0v) is 16.7. The Balaban J connectivity index is 2.16. The Labute approximate surface area is 165 Å². The number of nitrogens with one attached hydrogen (secondary N) is 1. The van der Waals surface area contributed by atoms with Crippen molar-refractivity contribution in [1.29, 1.82) is 0 Å². The Bertz CT molecular complexity index is 694. The van der Waals surface area contributed by atoms with Gasteiger partial charge in [-0.1, -0.05) is 23.7 Å². The monoisotopic (exact) mass is 394 g/mol. The molecule has 0 saturated carbocycles. The smallest absolute Gasteiger partial charge is 0.314 e. The number of rotatable bonds is 7. The van der Waals surface area contributed by atoms with Crippen LogP contribution in [0.3, 0.4) is 0 Å². The third-order valence-electron chi connectivity index (χ3n) is 4.78. The summed E-state index contributed by atoms with van der Waals surface area (Å²) in [5.74, 6) is -0.504. The van der Waals surface area contributed by atoms with Gasteiger partial charge in [-0.25, -0.2) is 0 Å². The summed E-state index contributed by atoms with van der Waals surface area (Å²) >= 11 is 6.10. The van der Waals surface area contributed by atoms with Crippen LogP contribution in [-0.4, -0.2) is 48.9 Å². The number of benzene rings is 1. The van der Waals surface area contributed by atoms with Crippen molar-refractivity contribution in [1.82, 2.24) is 10.2 Å². The molecule has 0 radical (unpaired) electrons. The molecule has 27 heavy (non-hydrogen) atoms. The molecule has 1 aromatic rings. The van der Waals surface area contributed by atoms with Crippen molar-refractivity contribution in [2.45, 2.75) is 39.5 Å². The normalized spacial score (nSPS) is 19.4. The molecule has 0 aliphatic carbocycles.